The van der Waals surface area contributed by atoms with E-state index in [1.165, 1.54) is 0 Å². The van der Waals surface area contributed by atoms with Crippen LogP contribution in [0, 0.1) is 5.92 Å². The van der Waals surface area contributed by atoms with Crippen molar-refractivity contribution in [2.75, 3.05) is 39.3 Å². The minimum Gasteiger partial charge on any atom is -0.463 e. The molecule has 2 unspecified atom stereocenters. The number of hydrogen-bond donors (Lipinski definition) is 1. The molecule has 4 rings (SSSR count). The molecule has 0 aromatic heterocycles. The Kier molecular flexibility index (Phi) is 7.02. The van der Waals surface area contributed by atoms with Crippen LogP contribution in [0.1, 0.15) is 45.2 Å². The van der Waals surface area contributed by atoms with Crippen LogP contribution in [0.5, 0.6) is 0 Å². The molecule has 2 aliphatic heterocycles. The number of benzene rings is 1. The van der Waals surface area contributed by atoms with Crippen molar-refractivity contribution in [3.8, 4) is 0 Å². The lowest BCUT2D eigenvalue weighted by molar-refractivity contribution is -0.139. The van der Waals surface area contributed by atoms with E-state index < -0.39 is 12.0 Å². The smallest absolute Gasteiger partial charge is 0.338 e. The molecular formula is C25H34N4O4. The Balaban J connectivity index is 1.64. The van der Waals surface area contributed by atoms with Gasteiger partial charge in [0.15, 0.2) is 0 Å². The van der Waals surface area contributed by atoms with E-state index in [4.69, 9.17) is 4.74 Å². The van der Waals surface area contributed by atoms with Crippen molar-refractivity contribution in [2.24, 2.45) is 5.92 Å². The van der Waals surface area contributed by atoms with Gasteiger partial charge in [0.1, 0.15) is 0 Å². The first-order valence-electron chi connectivity index (χ1n) is 12.0. The van der Waals surface area contributed by atoms with Gasteiger partial charge >= 0.3 is 12.0 Å². The third-order valence-electron chi connectivity index (χ3n) is 6.68. The molecule has 2 fully saturated rings. The van der Waals surface area contributed by atoms with Crippen LogP contribution in [0.4, 0.5) is 4.79 Å². The third kappa shape index (κ3) is 4.90. The number of likely N-dealkylation sites (N-methyl/N-ethyl adjacent to an activating group) is 1. The predicted octanol–water partition coefficient (Wildman–Crippen LogP) is 2.53. The molecule has 0 radical (unpaired) electrons. The summed E-state index contributed by atoms with van der Waals surface area (Å²) in [4.78, 5) is 44.7. The summed E-state index contributed by atoms with van der Waals surface area (Å²) >= 11 is 0. The van der Waals surface area contributed by atoms with Gasteiger partial charge in [-0.1, -0.05) is 30.3 Å². The first-order chi connectivity index (χ1) is 15.9. The molecule has 1 aliphatic carbocycles. The maximum Gasteiger partial charge on any atom is 0.338 e. The Labute approximate surface area is 195 Å². The molecule has 1 saturated heterocycles. The van der Waals surface area contributed by atoms with Crippen LogP contribution in [0.3, 0.4) is 0 Å². The van der Waals surface area contributed by atoms with Crippen molar-refractivity contribution >= 4 is 17.9 Å². The highest BCUT2D eigenvalue weighted by Gasteiger charge is 2.40. The highest BCUT2D eigenvalue weighted by Crippen LogP contribution is 2.34. The molecule has 1 N–H and O–H groups in total. The van der Waals surface area contributed by atoms with E-state index in [2.05, 4.69) is 17.1 Å². The first kappa shape index (κ1) is 23.3. The summed E-state index contributed by atoms with van der Waals surface area (Å²) in [6.07, 6.45) is 2.01. The number of hydrogen-bond acceptors (Lipinski definition) is 5. The monoisotopic (exact) mass is 454 g/mol. The Morgan fingerprint density at radius 1 is 1.12 bits per heavy atom. The van der Waals surface area contributed by atoms with Crippen LogP contribution in [0.25, 0.3) is 0 Å². The van der Waals surface area contributed by atoms with Crippen LogP contribution in [0.2, 0.25) is 0 Å². The van der Waals surface area contributed by atoms with Crippen molar-refractivity contribution in [3.05, 3.63) is 47.2 Å². The Morgan fingerprint density at radius 3 is 2.45 bits per heavy atom. The summed E-state index contributed by atoms with van der Waals surface area (Å²) in [5, 5.41) is 3.00. The van der Waals surface area contributed by atoms with Crippen molar-refractivity contribution in [1.82, 2.24) is 20.0 Å². The van der Waals surface area contributed by atoms with Crippen molar-refractivity contribution in [1.29, 1.82) is 0 Å². The summed E-state index contributed by atoms with van der Waals surface area (Å²) in [5.74, 6) is 0.0710. The molecule has 178 valence electrons. The quantitative estimate of drug-likeness (QED) is 0.641. The number of ether oxygens (including phenoxy) is 1. The molecule has 2 heterocycles. The van der Waals surface area contributed by atoms with Gasteiger partial charge in [-0.05, 0) is 39.2 Å². The van der Waals surface area contributed by atoms with E-state index in [0.29, 0.717) is 44.0 Å². The van der Waals surface area contributed by atoms with E-state index in [1.807, 2.05) is 42.2 Å². The number of nitrogens with one attached hydrogen (secondary N) is 1. The number of carbonyl (C=O) groups excluding carboxylic acids is 3. The second-order valence-corrected chi connectivity index (χ2v) is 9.01. The molecule has 1 saturated carbocycles. The fourth-order valence-corrected chi connectivity index (χ4v) is 4.83. The molecule has 0 bridgehead atoms. The molecule has 1 aromatic rings. The van der Waals surface area contributed by atoms with E-state index in [1.54, 1.807) is 11.8 Å². The SMILES string of the molecule is CCOC(=O)C1=C(CN2CCN(C(=O)C3CC3)C(C)C2)N(CC)C(=O)NC1c1ccccc1. The minimum atomic E-state index is -0.564. The van der Waals surface area contributed by atoms with Crippen LogP contribution in [-0.4, -0.2) is 78.0 Å². The Bertz CT molecular complexity index is 928. The fourth-order valence-electron chi connectivity index (χ4n) is 4.83. The number of nitrogens with zero attached hydrogens (tertiary/aromatic N) is 3. The van der Waals surface area contributed by atoms with Gasteiger partial charge in [0.25, 0.3) is 0 Å². The molecule has 0 spiro atoms. The zero-order chi connectivity index (χ0) is 23.5. The lowest BCUT2D eigenvalue weighted by Gasteiger charge is -2.43. The van der Waals surface area contributed by atoms with Gasteiger partial charge < -0.3 is 15.0 Å². The summed E-state index contributed by atoms with van der Waals surface area (Å²) in [6.45, 7) is 8.99. The lowest BCUT2D eigenvalue weighted by Crippen LogP contribution is -2.56. The molecule has 33 heavy (non-hydrogen) atoms. The summed E-state index contributed by atoms with van der Waals surface area (Å²) in [5.41, 5.74) is 2.01. The average molecular weight is 455 g/mol. The van der Waals surface area contributed by atoms with Gasteiger partial charge in [0.2, 0.25) is 5.91 Å². The van der Waals surface area contributed by atoms with Gasteiger partial charge in [-0.2, -0.15) is 0 Å². The number of piperazine rings is 1. The highest BCUT2D eigenvalue weighted by atomic mass is 16.5. The summed E-state index contributed by atoms with van der Waals surface area (Å²) in [7, 11) is 0. The number of amides is 3. The van der Waals surface area contributed by atoms with Gasteiger partial charge in [0.05, 0.1) is 18.2 Å². The van der Waals surface area contributed by atoms with Crippen LogP contribution in [0.15, 0.2) is 41.6 Å². The van der Waals surface area contributed by atoms with Gasteiger partial charge in [-0.3, -0.25) is 14.6 Å². The number of urea groups is 1. The second kappa shape index (κ2) is 9.95. The van der Waals surface area contributed by atoms with Gasteiger partial charge in [0, 0.05) is 50.4 Å². The third-order valence-corrected chi connectivity index (χ3v) is 6.68. The first-order valence-corrected chi connectivity index (χ1v) is 12.0. The number of carbonyl (C=O) groups is 3. The van der Waals surface area contributed by atoms with Crippen molar-refractivity contribution in [2.45, 2.75) is 45.7 Å². The topological polar surface area (TPSA) is 82.2 Å². The Morgan fingerprint density at radius 2 is 1.85 bits per heavy atom. The highest BCUT2D eigenvalue weighted by molar-refractivity contribution is 5.95. The van der Waals surface area contributed by atoms with Crippen molar-refractivity contribution in [3.63, 3.8) is 0 Å². The normalized spacial score (nSPS) is 24.0. The second-order valence-electron chi connectivity index (χ2n) is 9.01. The van der Waals surface area contributed by atoms with Crippen LogP contribution >= 0.6 is 0 Å². The van der Waals surface area contributed by atoms with Gasteiger partial charge in [-0.15, -0.1) is 0 Å². The predicted molar refractivity (Wildman–Crippen MR) is 124 cm³/mol. The molecule has 2 atom stereocenters. The van der Waals surface area contributed by atoms with Crippen LogP contribution < -0.4 is 5.32 Å². The molecular weight excluding hydrogens is 420 g/mol. The minimum absolute atomic E-state index is 0.0934. The standard InChI is InChI=1S/C25H34N4O4/c1-4-28-20(16-27-13-14-29(17(3)15-27)23(30)19-11-12-19)21(24(31)33-5-2)22(26-25(28)32)18-9-7-6-8-10-18/h6-10,17,19,22H,4-5,11-16H2,1-3H3,(H,26,32). The summed E-state index contributed by atoms with van der Waals surface area (Å²) < 4.78 is 5.44. The van der Waals surface area contributed by atoms with Crippen LogP contribution in [-0.2, 0) is 14.3 Å². The molecule has 3 amide bonds. The zero-order valence-electron chi connectivity index (χ0n) is 19.8. The largest absolute Gasteiger partial charge is 0.463 e. The molecule has 3 aliphatic rings. The molecule has 1 aromatic carbocycles. The average Bonchev–Trinajstić information content (AvgIpc) is 3.65. The van der Waals surface area contributed by atoms with Gasteiger partial charge in [-0.25, -0.2) is 9.59 Å². The molecule has 8 heteroatoms. The molecule has 8 nitrogen and oxygen atoms in total. The number of rotatable bonds is 7. The number of esters is 1. The Hall–Kier alpha value is -2.87. The van der Waals surface area contributed by atoms with E-state index in [-0.39, 0.29) is 30.5 Å². The van der Waals surface area contributed by atoms with Crippen molar-refractivity contribution < 1.29 is 19.1 Å². The summed E-state index contributed by atoms with van der Waals surface area (Å²) in [6, 6.07) is 8.83. The van der Waals surface area contributed by atoms with E-state index in [0.717, 1.165) is 18.4 Å². The fraction of sp³-hybridized carbons (Fsp3) is 0.560. The zero-order valence-corrected chi connectivity index (χ0v) is 19.8. The van der Waals surface area contributed by atoms with E-state index in [9.17, 15) is 14.4 Å². The lowest BCUT2D eigenvalue weighted by atomic mass is 9.94. The van der Waals surface area contributed by atoms with E-state index >= 15 is 0 Å². The maximum atomic E-state index is 13.2. The maximum absolute atomic E-state index is 13.2.